The normalized spacial score (nSPS) is 15.2. The second kappa shape index (κ2) is 7.55. The smallest absolute Gasteiger partial charge is 0.321 e. The van der Waals surface area contributed by atoms with Crippen LogP contribution in [0.5, 0.6) is 5.75 Å². The highest BCUT2D eigenvalue weighted by molar-refractivity contribution is 5.90. The summed E-state index contributed by atoms with van der Waals surface area (Å²) in [6.07, 6.45) is 5.53. The lowest BCUT2D eigenvalue weighted by atomic mass is 9.97. The van der Waals surface area contributed by atoms with Gasteiger partial charge in [-0.25, -0.2) is 4.79 Å². The maximum absolute atomic E-state index is 12.6. The molecule has 2 heterocycles. The van der Waals surface area contributed by atoms with Gasteiger partial charge in [-0.1, -0.05) is 11.3 Å². The Morgan fingerprint density at radius 1 is 1.32 bits per heavy atom. The van der Waals surface area contributed by atoms with E-state index in [1.165, 1.54) is 0 Å². The van der Waals surface area contributed by atoms with Gasteiger partial charge in [-0.15, -0.1) is 5.10 Å². The molecule has 134 valence electrons. The number of piperidine rings is 1. The van der Waals surface area contributed by atoms with Gasteiger partial charge in [0.15, 0.2) is 0 Å². The van der Waals surface area contributed by atoms with E-state index in [-0.39, 0.29) is 6.03 Å². The van der Waals surface area contributed by atoms with Gasteiger partial charge in [-0.3, -0.25) is 4.68 Å². The molecule has 1 aromatic heterocycles. The van der Waals surface area contributed by atoms with Crippen molar-refractivity contribution < 1.29 is 9.53 Å². The van der Waals surface area contributed by atoms with Crippen molar-refractivity contribution in [2.75, 3.05) is 25.5 Å². The Morgan fingerprint density at radius 3 is 2.72 bits per heavy atom. The minimum Gasteiger partial charge on any atom is -0.496 e. The Labute approximate surface area is 148 Å². The lowest BCUT2D eigenvalue weighted by Crippen LogP contribution is -2.41. The third kappa shape index (κ3) is 3.92. The number of benzene rings is 1. The summed E-state index contributed by atoms with van der Waals surface area (Å²) in [7, 11) is 1.65. The van der Waals surface area contributed by atoms with Crippen molar-refractivity contribution in [3.05, 3.63) is 35.7 Å². The number of methoxy groups -OCH3 is 1. The van der Waals surface area contributed by atoms with Crippen molar-refractivity contribution in [1.82, 2.24) is 19.9 Å². The summed E-state index contributed by atoms with van der Waals surface area (Å²) >= 11 is 0. The summed E-state index contributed by atoms with van der Waals surface area (Å²) in [6, 6.07) is 3.85. The van der Waals surface area contributed by atoms with Gasteiger partial charge in [0.2, 0.25) is 0 Å². The Hall–Kier alpha value is -2.57. The van der Waals surface area contributed by atoms with Crippen molar-refractivity contribution in [3.8, 4) is 5.75 Å². The molecule has 1 aliphatic rings. The van der Waals surface area contributed by atoms with Crippen LogP contribution in [-0.2, 0) is 6.54 Å². The zero-order valence-corrected chi connectivity index (χ0v) is 15.0. The molecule has 0 radical (unpaired) electrons. The van der Waals surface area contributed by atoms with Crippen molar-refractivity contribution in [1.29, 1.82) is 0 Å². The van der Waals surface area contributed by atoms with E-state index >= 15 is 0 Å². The minimum absolute atomic E-state index is 0.0480. The maximum atomic E-state index is 12.6. The first-order valence-corrected chi connectivity index (χ1v) is 8.62. The van der Waals surface area contributed by atoms with E-state index < -0.39 is 0 Å². The van der Waals surface area contributed by atoms with E-state index in [4.69, 9.17) is 4.74 Å². The third-order valence-electron chi connectivity index (χ3n) is 4.87. The van der Waals surface area contributed by atoms with Gasteiger partial charge >= 0.3 is 6.03 Å². The highest BCUT2D eigenvalue weighted by Crippen LogP contribution is 2.29. The molecule has 0 bridgehead atoms. The van der Waals surface area contributed by atoms with Gasteiger partial charge in [0, 0.05) is 37.1 Å². The molecule has 1 aromatic carbocycles. The fourth-order valence-corrected chi connectivity index (χ4v) is 3.38. The van der Waals surface area contributed by atoms with Crippen LogP contribution < -0.4 is 10.1 Å². The number of carbonyl (C=O) groups excluding carboxylic acids is 1. The summed E-state index contributed by atoms with van der Waals surface area (Å²) in [6.45, 7) is 6.34. The van der Waals surface area contributed by atoms with E-state index in [0.717, 1.165) is 55.0 Å². The largest absolute Gasteiger partial charge is 0.496 e. The van der Waals surface area contributed by atoms with Crippen LogP contribution in [-0.4, -0.2) is 46.1 Å². The topological polar surface area (TPSA) is 72.3 Å². The molecule has 1 saturated heterocycles. The fraction of sp³-hybridized carbons (Fsp3) is 0.500. The van der Waals surface area contributed by atoms with Crippen molar-refractivity contribution in [2.24, 2.45) is 5.92 Å². The quantitative estimate of drug-likeness (QED) is 0.926. The predicted octanol–water partition coefficient (Wildman–Crippen LogP) is 2.85. The van der Waals surface area contributed by atoms with Gasteiger partial charge in [-0.2, -0.15) is 0 Å². The van der Waals surface area contributed by atoms with E-state index in [9.17, 15) is 4.79 Å². The van der Waals surface area contributed by atoms with Gasteiger partial charge < -0.3 is 15.0 Å². The molecular formula is C18H25N5O2. The van der Waals surface area contributed by atoms with Gasteiger partial charge in [-0.05, 0) is 44.2 Å². The molecule has 0 saturated carbocycles. The van der Waals surface area contributed by atoms with Crippen LogP contribution in [0.1, 0.15) is 24.0 Å². The first-order valence-electron chi connectivity index (χ1n) is 8.62. The van der Waals surface area contributed by atoms with Crippen molar-refractivity contribution >= 4 is 11.7 Å². The first kappa shape index (κ1) is 17.3. The number of nitrogens with one attached hydrogen (secondary N) is 1. The van der Waals surface area contributed by atoms with Crippen LogP contribution in [0.2, 0.25) is 0 Å². The summed E-state index contributed by atoms with van der Waals surface area (Å²) in [5.41, 5.74) is 2.82. The highest BCUT2D eigenvalue weighted by atomic mass is 16.5. The lowest BCUT2D eigenvalue weighted by molar-refractivity contribution is 0.175. The van der Waals surface area contributed by atoms with Gasteiger partial charge in [0.1, 0.15) is 5.75 Å². The summed E-state index contributed by atoms with van der Waals surface area (Å²) < 4.78 is 7.29. The van der Waals surface area contributed by atoms with E-state index in [2.05, 4.69) is 15.6 Å². The molecule has 0 aliphatic carbocycles. The molecule has 7 nitrogen and oxygen atoms in total. The molecule has 0 unspecified atom stereocenters. The number of hydrogen-bond acceptors (Lipinski definition) is 4. The molecule has 2 aromatic rings. The molecule has 1 aliphatic heterocycles. The molecule has 3 rings (SSSR count). The number of hydrogen-bond donors (Lipinski definition) is 1. The monoisotopic (exact) mass is 343 g/mol. The second-order valence-electron chi connectivity index (χ2n) is 6.57. The standard InChI is InChI=1S/C18H25N5O2/c1-13-4-5-16(14(2)17(13)25-3)20-18(24)22-9-6-15(7-10-22)12-23-11-8-19-21-23/h4-5,8,11,15H,6-7,9-10,12H2,1-3H3,(H,20,24). The van der Waals surface area contributed by atoms with Crippen molar-refractivity contribution in [2.45, 2.75) is 33.2 Å². The fourth-order valence-electron chi connectivity index (χ4n) is 3.38. The summed E-state index contributed by atoms with van der Waals surface area (Å²) in [5.74, 6) is 1.36. The molecule has 1 N–H and O–H groups in total. The molecule has 25 heavy (non-hydrogen) atoms. The third-order valence-corrected chi connectivity index (χ3v) is 4.87. The number of aromatic nitrogens is 3. The number of rotatable bonds is 4. The highest BCUT2D eigenvalue weighted by Gasteiger charge is 2.24. The van der Waals surface area contributed by atoms with Crippen LogP contribution in [0.25, 0.3) is 0 Å². The maximum Gasteiger partial charge on any atom is 0.321 e. The number of urea groups is 1. The van der Waals surface area contributed by atoms with E-state index in [1.54, 1.807) is 13.3 Å². The summed E-state index contributed by atoms with van der Waals surface area (Å²) in [5, 5.41) is 10.9. The number of amides is 2. The second-order valence-corrected chi connectivity index (χ2v) is 6.57. The Balaban J connectivity index is 1.56. The SMILES string of the molecule is COc1c(C)ccc(NC(=O)N2CCC(Cn3ccnn3)CC2)c1C. The molecule has 2 amide bonds. The number of ether oxygens (including phenoxy) is 1. The Kier molecular flexibility index (Phi) is 5.21. The van der Waals surface area contributed by atoms with Crippen molar-refractivity contribution in [3.63, 3.8) is 0 Å². The van der Waals surface area contributed by atoms with E-state index in [0.29, 0.717) is 5.92 Å². The average Bonchev–Trinajstić information content (AvgIpc) is 3.11. The van der Waals surface area contributed by atoms with Crippen LogP contribution in [0.3, 0.4) is 0 Å². The minimum atomic E-state index is -0.0480. The van der Waals surface area contributed by atoms with Gasteiger partial charge in [0.25, 0.3) is 0 Å². The number of aryl methyl sites for hydroxylation is 1. The number of anilines is 1. The zero-order valence-electron chi connectivity index (χ0n) is 15.0. The molecular weight excluding hydrogens is 318 g/mol. The Bertz CT molecular complexity index is 721. The number of carbonyl (C=O) groups is 1. The van der Waals surface area contributed by atoms with Crippen LogP contribution in [0, 0.1) is 19.8 Å². The van der Waals surface area contributed by atoms with E-state index in [1.807, 2.05) is 41.8 Å². The molecule has 7 heteroatoms. The number of likely N-dealkylation sites (tertiary alicyclic amines) is 1. The van der Waals surface area contributed by atoms with Crippen LogP contribution in [0.4, 0.5) is 10.5 Å². The predicted molar refractivity (Wildman–Crippen MR) is 95.8 cm³/mol. The number of nitrogens with zero attached hydrogens (tertiary/aromatic N) is 4. The first-order chi connectivity index (χ1) is 12.1. The van der Waals surface area contributed by atoms with Gasteiger partial charge in [0.05, 0.1) is 13.3 Å². The Morgan fingerprint density at radius 2 is 2.08 bits per heavy atom. The summed E-state index contributed by atoms with van der Waals surface area (Å²) in [4.78, 5) is 14.5. The zero-order chi connectivity index (χ0) is 17.8. The molecule has 1 fully saturated rings. The average molecular weight is 343 g/mol. The van der Waals surface area contributed by atoms with Crippen LogP contribution >= 0.6 is 0 Å². The lowest BCUT2D eigenvalue weighted by Gasteiger charge is -2.32. The molecule has 0 atom stereocenters. The molecule has 0 spiro atoms. The van der Waals surface area contributed by atoms with Crippen LogP contribution in [0.15, 0.2) is 24.5 Å².